The molecule has 0 saturated carbocycles. The molecule has 0 atom stereocenters. The van der Waals surface area contributed by atoms with E-state index in [9.17, 15) is 9.59 Å². The number of carbonyl (C=O) groups excluding carboxylic acids is 1. The van der Waals surface area contributed by atoms with Gasteiger partial charge in [0.1, 0.15) is 5.69 Å². The lowest BCUT2D eigenvalue weighted by atomic mass is 10.3. The Bertz CT molecular complexity index is 629. The molecule has 1 N–H and O–H groups in total. The predicted molar refractivity (Wildman–Crippen MR) is 63.4 cm³/mol. The molecule has 2 rings (SSSR count). The average Bonchev–Trinajstić information content (AvgIpc) is 2.75. The minimum atomic E-state index is -0.451. The Hall–Kier alpha value is -2.44. The molecule has 0 bridgehead atoms. The second kappa shape index (κ2) is 4.82. The first kappa shape index (κ1) is 12.0. The molecule has 2 aromatic heterocycles. The molecule has 1 amide bonds. The van der Waals surface area contributed by atoms with Crippen LogP contribution in [0, 0.1) is 6.92 Å². The van der Waals surface area contributed by atoms with Crippen molar-refractivity contribution in [2.24, 2.45) is 0 Å². The molecule has 0 aromatic carbocycles. The third kappa shape index (κ3) is 2.45. The first-order chi connectivity index (χ1) is 8.60. The van der Waals surface area contributed by atoms with Crippen LogP contribution in [0.5, 0.6) is 0 Å². The predicted octanol–water partition coefficient (Wildman–Crippen LogP) is 0.812. The number of nitrogens with zero attached hydrogens (tertiary/aromatic N) is 3. The van der Waals surface area contributed by atoms with Crippen molar-refractivity contribution in [3.05, 3.63) is 39.9 Å². The van der Waals surface area contributed by atoms with E-state index in [-0.39, 0.29) is 17.1 Å². The number of amides is 1. The third-order valence-corrected chi connectivity index (χ3v) is 2.26. The molecule has 0 aliphatic carbocycles. The van der Waals surface area contributed by atoms with Gasteiger partial charge in [0.2, 0.25) is 5.88 Å². The average molecular weight is 248 g/mol. The Morgan fingerprint density at radius 2 is 2.28 bits per heavy atom. The van der Waals surface area contributed by atoms with E-state index in [1.54, 1.807) is 19.9 Å². The molecule has 0 aliphatic heterocycles. The summed E-state index contributed by atoms with van der Waals surface area (Å²) in [5.74, 6) is -0.207. The minimum Gasteiger partial charge on any atom is -0.338 e. The Labute approximate surface area is 102 Å². The lowest BCUT2D eigenvalue weighted by molar-refractivity contribution is 0.101. The van der Waals surface area contributed by atoms with Crippen molar-refractivity contribution in [1.82, 2.24) is 14.9 Å². The molecule has 0 radical (unpaired) electrons. The van der Waals surface area contributed by atoms with Crippen molar-refractivity contribution >= 4 is 11.8 Å². The Morgan fingerprint density at radius 1 is 1.50 bits per heavy atom. The molecule has 18 heavy (non-hydrogen) atoms. The zero-order valence-corrected chi connectivity index (χ0v) is 10.0. The minimum absolute atomic E-state index is 0.144. The van der Waals surface area contributed by atoms with Crippen LogP contribution in [0.4, 0.5) is 5.88 Å². The zero-order valence-electron chi connectivity index (χ0n) is 10.0. The molecule has 2 aromatic rings. The number of aryl methyl sites for hydroxylation is 2. The summed E-state index contributed by atoms with van der Waals surface area (Å²) < 4.78 is 6.07. The number of hydrogen-bond donors (Lipinski definition) is 1. The van der Waals surface area contributed by atoms with Crippen LogP contribution in [0.2, 0.25) is 0 Å². The second-order valence-corrected chi connectivity index (χ2v) is 3.66. The van der Waals surface area contributed by atoms with Gasteiger partial charge in [0, 0.05) is 18.7 Å². The van der Waals surface area contributed by atoms with Crippen molar-refractivity contribution in [1.29, 1.82) is 0 Å². The number of anilines is 1. The maximum absolute atomic E-state index is 11.8. The van der Waals surface area contributed by atoms with E-state index in [0.717, 1.165) is 0 Å². The van der Waals surface area contributed by atoms with E-state index in [2.05, 4.69) is 15.6 Å². The molecule has 0 saturated heterocycles. The van der Waals surface area contributed by atoms with Crippen molar-refractivity contribution in [3.8, 4) is 0 Å². The summed E-state index contributed by atoms with van der Waals surface area (Å²) in [7, 11) is 0. The smallest absolute Gasteiger partial charge is 0.278 e. The fourth-order valence-corrected chi connectivity index (χ4v) is 1.40. The van der Waals surface area contributed by atoms with Gasteiger partial charge in [-0.15, -0.1) is 0 Å². The SMILES string of the molecule is CCn1nc(C(=O)Nc2cc(C)no2)ccc1=O. The summed E-state index contributed by atoms with van der Waals surface area (Å²) in [5, 5.41) is 10.1. The molecule has 7 nitrogen and oxygen atoms in total. The van der Waals surface area contributed by atoms with Crippen molar-refractivity contribution in [3.63, 3.8) is 0 Å². The number of aromatic nitrogens is 3. The van der Waals surface area contributed by atoms with Gasteiger partial charge in [0.25, 0.3) is 11.5 Å². The van der Waals surface area contributed by atoms with Crippen molar-refractivity contribution in [2.75, 3.05) is 5.32 Å². The van der Waals surface area contributed by atoms with Gasteiger partial charge in [0.15, 0.2) is 0 Å². The molecule has 7 heteroatoms. The lowest BCUT2D eigenvalue weighted by Crippen LogP contribution is -2.25. The second-order valence-electron chi connectivity index (χ2n) is 3.66. The fraction of sp³-hybridized carbons (Fsp3) is 0.273. The largest absolute Gasteiger partial charge is 0.338 e. The van der Waals surface area contributed by atoms with E-state index >= 15 is 0 Å². The van der Waals surface area contributed by atoms with Gasteiger partial charge in [0.05, 0.1) is 5.69 Å². The van der Waals surface area contributed by atoms with E-state index in [4.69, 9.17) is 4.52 Å². The summed E-state index contributed by atoms with van der Waals surface area (Å²) in [6, 6.07) is 4.26. The van der Waals surface area contributed by atoms with E-state index < -0.39 is 5.91 Å². The van der Waals surface area contributed by atoms with Crippen LogP contribution in [0.3, 0.4) is 0 Å². The van der Waals surface area contributed by atoms with Crippen LogP contribution in [0.25, 0.3) is 0 Å². The third-order valence-electron chi connectivity index (χ3n) is 2.26. The highest BCUT2D eigenvalue weighted by Crippen LogP contribution is 2.09. The summed E-state index contributed by atoms with van der Waals surface area (Å²) in [6.07, 6.45) is 0. The van der Waals surface area contributed by atoms with Crippen molar-refractivity contribution in [2.45, 2.75) is 20.4 Å². The van der Waals surface area contributed by atoms with E-state index in [1.165, 1.54) is 16.8 Å². The van der Waals surface area contributed by atoms with Gasteiger partial charge in [-0.2, -0.15) is 5.10 Å². The molecular weight excluding hydrogens is 236 g/mol. The van der Waals surface area contributed by atoms with Crippen LogP contribution < -0.4 is 10.9 Å². The molecule has 0 spiro atoms. The lowest BCUT2D eigenvalue weighted by Gasteiger charge is -2.03. The van der Waals surface area contributed by atoms with Gasteiger partial charge in [-0.05, 0) is 19.9 Å². The Morgan fingerprint density at radius 3 is 2.89 bits per heavy atom. The van der Waals surface area contributed by atoms with Crippen LogP contribution in [0.15, 0.2) is 27.5 Å². The molecular formula is C11H12N4O3. The molecule has 2 heterocycles. The molecule has 0 aliphatic rings. The standard InChI is InChI=1S/C11H12N4O3/c1-3-15-10(16)5-4-8(13-15)11(17)12-9-6-7(2)14-18-9/h4-6H,3H2,1-2H3,(H,12,17). The summed E-state index contributed by atoms with van der Waals surface area (Å²) in [4.78, 5) is 23.2. The van der Waals surface area contributed by atoms with Gasteiger partial charge >= 0.3 is 0 Å². The molecule has 0 unspecified atom stereocenters. The van der Waals surface area contributed by atoms with Crippen molar-refractivity contribution < 1.29 is 9.32 Å². The summed E-state index contributed by atoms with van der Waals surface area (Å²) >= 11 is 0. The highest BCUT2D eigenvalue weighted by atomic mass is 16.5. The van der Waals surface area contributed by atoms with E-state index in [0.29, 0.717) is 12.2 Å². The number of carbonyl (C=O) groups is 1. The van der Waals surface area contributed by atoms with Gasteiger partial charge in [-0.25, -0.2) is 4.68 Å². The van der Waals surface area contributed by atoms with Crippen LogP contribution >= 0.6 is 0 Å². The van der Waals surface area contributed by atoms with Crippen LogP contribution in [0.1, 0.15) is 23.1 Å². The normalized spacial score (nSPS) is 10.3. The Balaban J connectivity index is 2.21. The fourth-order valence-electron chi connectivity index (χ4n) is 1.40. The zero-order chi connectivity index (χ0) is 13.1. The van der Waals surface area contributed by atoms with Gasteiger partial charge < -0.3 is 4.52 Å². The topological polar surface area (TPSA) is 90.0 Å². The highest BCUT2D eigenvalue weighted by Gasteiger charge is 2.11. The van der Waals surface area contributed by atoms with E-state index in [1.807, 2.05) is 0 Å². The van der Waals surface area contributed by atoms with Gasteiger partial charge in [-0.1, -0.05) is 5.16 Å². The highest BCUT2D eigenvalue weighted by molar-refractivity contribution is 6.01. The number of hydrogen-bond acceptors (Lipinski definition) is 5. The number of nitrogens with one attached hydrogen (secondary N) is 1. The van der Waals surface area contributed by atoms with Crippen LogP contribution in [-0.4, -0.2) is 20.8 Å². The monoisotopic (exact) mass is 248 g/mol. The maximum Gasteiger partial charge on any atom is 0.278 e. The summed E-state index contributed by atoms with van der Waals surface area (Å²) in [6.45, 7) is 3.92. The Kier molecular flexibility index (Phi) is 3.22. The quantitative estimate of drug-likeness (QED) is 0.868. The molecule has 94 valence electrons. The number of rotatable bonds is 3. The summed E-state index contributed by atoms with van der Waals surface area (Å²) in [5.41, 5.74) is 0.562. The van der Waals surface area contributed by atoms with Gasteiger partial charge in [-0.3, -0.25) is 14.9 Å². The first-order valence-electron chi connectivity index (χ1n) is 5.43. The first-order valence-corrected chi connectivity index (χ1v) is 5.43. The molecule has 0 fully saturated rings. The maximum atomic E-state index is 11.8. The van der Waals surface area contributed by atoms with Crippen LogP contribution in [-0.2, 0) is 6.54 Å².